The highest BCUT2D eigenvalue weighted by molar-refractivity contribution is 7.98. The zero-order valence-corrected chi connectivity index (χ0v) is 15.9. The first-order chi connectivity index (χ1) is 13.1. The molecular formula is C21H19N3O2S. The Bertz CT molecular complexity index is 1140. The van der Waals surface area contributed by atoms with Gasteiger partial charge in [-0.05, 0) is 56.1 Å². The Balaban J connectivity index is 1.54. The Morgan fingerprint density at radius 1 is 1.11 bits per heavy atom. The lowest BCUT2D eigenvalue weighted by atomic mass is 10.2. The largest absolute Gasteiger partial charge is 0.451 e. The summed E-state index contributed by atoms with van der Waals surface area (Å²) in [5, 5.41) is 5.17. The maximum Gasteiger partial charge on any atom is 0.297 e. The van der Waals surface area contributed by atoms with Gasteiger partial charge in [0.15, 0.2) is 5.76 Å². The monoisotopic (exact) mass is 377 g/mol. The van der Waals surface area contributed by atoms with Crippen LogP contribution in [0.4, 0.5) is 5.69 Å². The third-order valence-corrected chi connectivity index (χ3v) is 5.04. The van der Waals surface area contributed by atoms with Crippen molar-refractivity contribution in [3.05, 3.63) is 66.1 Å². The van der Waals surface area contributed by atoms with Crippen molar-refractivity contribution >= 4 is 45.4 Å². The van der Waals surface area contributed by atoms with E-state index in [0.29, 0.717) is 5.58 Å². The fraction of sp³-hybridized carbons (Fsp3) is 0.143. The van der Waals surface area contributed by atoms with Crippen molar-refractivity contribution in [3.8, 4) is 0 Å². The lowest BCUT2D eigenvalue weighted by Crippen LogP contribution is -2.14. The number of nitrogens with zero attached hydrogens (tertiary/aromatic N) is 1. The summed E-state index contributed by atoms with van der Waals surface area (Å²) < 4.78 is 8.59. The summed E-state index contributed by atoms with van der Waals surface area (Å²) in [5.41, 5.74) is 3.47. The van der Waals surface area contributed by atoms with Gasteiger partial charge >= 0.3 is 0 Å². The number of furan rings is 1. The number of anilines is 1. The first-order valence-electron chi connectivity index (χ1n) is 8.75. The molecule has 0 bridgehead atoms. The highest BCUT2D eigenvalue weighted by Crippen LogP contribution is 2.27. The molecule has 27 heavy (non-hydrogen) atoms. The van der Waals surface area contributed by atoms with Gasteiger partial charge in [-0.3, -0.25) is 14.5 Å². The number of carbonyl (C=O) groups excluding carboxylic acids is 1. The molecule has 0 aliphatic rings. The van der Waals surface area contributed by atoms with Crippen LogP contribution < -0.4 is 10.0 Å². The average molecular weight is 377 g/mol. The summed E-state index contributed by atoms with van der Waals surface area (Å²) >= 11 is 1.25. The molecule has 0 radical (unpaired) electrons. The van der Waals surface area contributed by atoms with Gasteiger partial charge < -0.3 is 9.73 Å². The van der Waals surface area contributed by atoms with E-state index in [9.17, 15) is 4.79 Å². The number of pyridine rings is 1. The van der Waals surface area contributed by atoms with Crippen LogP contribution in [-0.4, -0.2) is 17.4 Å². The normalized spacial score (nSPS) is 11.0. The number of nitrogens with one attached hydrogen (secondary N) is 2. The lowest BCUT2D eigenvalue weighted by molar-refractivity contribution is 0.0959. The molecule has 1 amide bonds. The van der Waals surface area contributed by atoms with E-state index in [1.807, 2.05) is 62.4 Å². The number of aromatic nitrogens is 1. The minimum atomic E-state index is -0.272. The van der Waals surface area contributed by atoms with Gasteiger partial charge in [0.25, 0.3) is 5.91 Å². The molecule has 5 nitrogen and oxygen atoms in total. The molecule has 4 rings (SSSR count). The molecule has 0 atom stereocenters. The third-order valence-electron chi connectivity index (χ3n) is 4.20. The number of rotatable bonds is 5. The fourth-order valence-corrected chi connectivity index (χ4v) is 3.62. The zero-order valence-electron chi connectivity index (χ0n) is 15.1. The Morgan fingerprint density at radius 2 is 1.96 bits per heavy atom. The van der Waals surface area contributed by atoms with Crippen molar-refractivity contribution in [1.82, 2.24) is 9.71 Å². The van der Waals surface area contributed by atoms with Crippen LogP contribution in [0.25, 0.3) is 21.9 Å². The van der Waals surface area contributed by atoms with Gasteiger partial charge in [-0.15, -0.1) is 0 Å². The predicted molar refractivity (Wildman–Crippen MR) is 110 cm³/mol. The lowest BCUT2D eigenvalue weighted by Gasteiger charge is -2.06. The molecule has 0 aliphatic carbocycles. The quantitative estimate of drug-likeness (QED) is 0.470. The van der Waals surface area contributed by atoms with E-state index in [1.165, 1.54) is 11.9 Å². The Kier molecular flexibility index (Phi) is 4.73. The van der Waals surface area contributed by atoms with Crippen LogP contribution in [0, 0.1) is 6.92 Å². The molecule has 2 aromatic carbocycles. The first kappa shape index (κ1) is 17.4. The summed E-state index contributed by atoms with van der Waals surface area (Å²) in [4.78, 5) is 18.0. The van der Waals surface area contributed by atoms with Gasteiger partial charge in [0.1, 0.15) is 5.58 Å². The van der Waals surface area contributed by atoms with Gasteiger partial charge in [0, 0.05) is 34.8 Å². The Hall–Kier alpha value is -2.99. The highest BCUT2D eigenvalue weighted by Gasteiger charge is 2.14. The van der Waals surface area contributed by atoms with E-state index in [1.54, 1.807) is 6.07 Å². The molecule has 0 saturated heterocycles. The van der Waals surface area contributed by atoms with Crippen molar-refractivity contribution in [2.45, 2.75) is 18.7 Å². The SMILES string of the molecule is CCNc1ccc2cc(C(=O)NSc3cccc4ccc(C)nc34)oc2c1. The van der Waals surface area contributed by atoms with Crippen LogP contribution in [0.15, 0.2) is 63.9 Å². The molecule has 2 aromatic heterocycles. The van der Waals surface area contributed by atoms with E-state index in [4.69, 9.17) is 4.42 Å². The molecule has 0 spiro atoms. The molecule has 136 valence electrons. The predicted octanol–water partition coefficient (Wildman–Crippen LogP) is 5.16. The fourth-order valence-electron chi connectivity index (χ4n) is 2.91. The molecule has 2 N–H and O–H groups in total. The number of hydrogen-bond donors (Lipinski definition) is 2. The summed E-state index contributed by atoms with van der Waals surface area (Å²) in [7, 11) is 0. The van der Waals surface area contributed by atoms with Gasteiger partial charge in [0.05, 0.1) is 10.4 Å². The van der Waals surface area contributed by atoms with Gasteiger partial charge in [-0.1, -0.05) is 18.2 Å². The van der Waals surface area contributed by atoms with Crippen molar-refractivity contribution in [3.63, 3.8) is 0 Å². The van der Waals surface area contributed by atoms with Crippen LogP contribution in [0.1, 0.15) is 23.2 Å². The van der Waals surface area contributed by atoms with Gasteiger partial charge in [-0.25, -0.2) is 0 Å². The number of fused-ring (bicyclic) bond motifs is 2. The average Bonchev–Trinajstić information content (AvgIpc) is 3.10. The molecule has 0 saturated carbocycles. The molecule has 0 unspecified atom stereocenters. The standard InChI is InChI=1S/C21H19N3O2S/c1-3-22-16-10-9-15-11-18(26-17(15)12-16)21(25)24-27-19-6-4-5-14-8-7-13(2)23-20(14)19/h4-12,22H,3H2,1-2H3,(H,24,25). The highest BCUT2D eigenvalue weighted by atomic mass is 32.2. The van der Waals surface area contributed by atoms with E-state index in [2.05, 4.69) is 15.0 Å². The number of amides is 1. The smallest absolute Gasteiger partial charge is 0.297 e. The van der Waals surface area contributed by atoms with E-state index in [-0.39, 0.29) is 11.7 Å². The summed E-state index contributed by atoms with van der Waals surface area (Å²) in [5.74, 6) is 0.0152. The van der Waals surface area contributed by atoms with E-state index in [0.717, 1.165) is 39.1 Å². The first-order valence-corrected chi connectivity index (χ1v) is 9.57. The van der Waals surface area contributed by atoms with Crippen molar-refractivity contribution in [2.24, 2.45) is 0 Å². The van der Waals surface area contributed by atoms with Crippen LogP contribution in [0.5, 0.6) is 0 Å². The van der Waals surface area contributed by atoms with E-state index < -0.39 is 0 Å². The third kappa shape index (κ3) is 3.61. The zero-order chi connectivity index (χ0) is 18.8. The van der Waals surface area contributed by atoms with Gasteiger partial charge in [-0.2, -0.15) is 0 Å². The number of hydrogen-bond acceptors (Lipinski definition) is 5. The summed E-state index contributed by atoms with van der Waals surface area (Å²) in [6, 6.07) is 17.5. The second-order valence-corrected chi connectivity index (χ2v) is 7.06. The minimum Gasteiger partial charge on any atom is -0.451 e. The number of benzene rings is 2. The van der Waals surface area contributed by atoms with Crippen LogP contribution in [0.2, 0.25) is 0 Å². The summed E-state index contributed by atoms with van der Waals surface area (Å²) in [6.07, 6.45) is 0. The van der Waals surface area contributed by atoms with Crippen molar-refractivity contribution in [1.29, 1.82) is 0 Å². The number of carbonyl (C=O) groups is 1. The molecular weight excluding hydrogens is 358 g/mol. The van der Waals surface area contributed by atoms with Crippen LogP contribution >= 0.6 is 11.9 Å². The second kappa shape index (κ2) is 7.32. The second-order valence-electron chi connectivity index (χ2n) is 6.21. The van der Waals surface area contributed by atoms with Crippen molar-refractivity contribution < 1.29 is 9.21 Å². The van der Waals surface area contributed by atoms with Crippen LogP contribution in [-0.2, 0) is 0 Å². The van der Waals surface area contributed by atoms with Gasteiger partial charge in [0.2, 0.25) is 0 Å². The maximum absolute atomic E-state index is 12.5. The Labute approximate surface area is 161 Å². The van der Waals surface area contributed by atoms with E-state index >= 15 is 0 Å². The topological polar surface area (TPSA) is 67.2 Å². The molecule has 4 aromatic rings. The van der Waals surface area contributed by atoms with Crippen molar-refractivity contribution in [2.75, 3.05) is 11.9 Å². The number of para-hydroxylation sites is 1. The molecule has 2 heterocycles. The number of aryl methyl sites for hydroxylation is 1. The Morgan fingerprint density at radius 3 is 2.81 bits per heavy atom. The molecule has 0 fully saturated rings. The maximum atomic E-state index is 12.5. The van der Waals surface area contributed by atoms with Crippen LogP contribution in [0.3, 0.4) is 0 Å². The minimum absolute atomic E-state index is 0.272. The summed E-state index contributed by atoms with van der Waals surface area (Å²) in [6.45, 7) is 4.82. The molecule has 0 aliphatic heterocycles. The molecule has 6 heteroatoms.